The molecule has 0 aliphatic heterocycles. The van der Waals surface area contributed by atoms with E-state index in [0.29, 0.717) is 0 Å². The molecule has 0 bridgehead atoms. The Morgan fingerprint density at radius 2 is 2.14 bits per heavy atom. The molecule has 0 spiro atoms. The first-order chi connectivity index (χ1) is 10.2. The van der Waals surface area contributed by atoms with Gasteiger partial charge in [0.25, 0.3) is 0 Å². The molecule has 3 N–H and O–H groups in total. The van der Waals surface area contributed by atoms with Crippen LogP contribution in [0, 0.1) is 0 Å². The second kappa shape index (κ2) is 7.54. The number of nitrogens with one attached hydrogen (secondary N) is 1. The Hall–Kier alpha value is -0.690. The Labute approximate surface area is 138 Å². The summed E-state index contributed by atoms with van der Waals surface area (Å²) in [6.45, 7) is 7.30. The van der Waals surface area contributed by atoms with Gasteiger partial charge in [-0.1, -0.05) is 13.8 Å². The van der Waals surface area contributed by atoms with Gasteiger partial charge in [-0.15, -0.1) is 11.3 Å². The summed E-state index contributed by atoms with van der Waals surface area (Å²) in [5.74, 6) is 5.83. The zero-order valence-electron chi connectivity index (χ0n) is 12.8. The van der Waals surface area contributed by atoms with Crippen molar-refractivity contribution in [1.82, 2.24) is 15.2 Å². The summed E-state index contributed by atoms with van der Waals surface area (Å²) in [5.41, 5.74) is 6.69. The highest BCUT2D eigenvalue weighted by Crippen LogP contribution is 2.31. The third kappa shape index (κ3) is 3.39. The zero-order valence-corrected chi connectivity index (χ0v) is 15.2. The quantitative estimate of drug-likeness (QED) is 0.578. The van der Waals surface area contributed by atoms with Gasteiger partial charge in [-0.05, 0) is 52.7 Å². The number of hydrogen-bond donors (Lipinski definition) is 2. The molecule has 4 nitrogen and oxygen atoms in total. The molecule has 2 rings (SSSR count). The van der Waals surface area contributed by atoms with Crippen LogP contribution < -0.4 is 11.3 Å². The number of nitrogens with zero attached hydrogens (tertiary/aromatic N) is 2. The maximum atomic E-state index is 5.83. The normalized spacial score (nSPS) is 12.8. The number of thiophene rings is 1. The largest absolute Gasteiger partial charge is 0.271 e. The van der Waals surface area contributed by atoms with Crippen molar-refractivity contribution in [3.63, 3.8) is 0 Å². The molecule has 0 radical (unpaired) electrons. The Morgan fingerprint density at radius 3 is 2.71 bits per heavy atom. The van der Waals surface area contributed by atoms with Crippen LogP contribution in [-0.4, -0.2) is 9.78 Å². The minimum Gasteiger partial charge on any atom is -0.271 e. The molecule has 0 aliphatic carbocycles. The average molecular weight is 371 g/mol. The number of halogens is 1. The summed E-state index contributed by atoms with van der Waals surface area (Å²) in [7, 11) is 0. The molecule has 2 heterocycles. The Bertz CT molecular complexity index is 591. The second-order valence-electron chi connectivity index (χ2n) is 4.96. The van der Waals surface area contributed by atoms with Crippen LogP contribution in [0.5, 0.6) is 0 Å². The maximum Gasteiger partial charge on any atom is 0.0766 e. The molecule has 0 saturated carbocycles. The number of hydrazine groups is 1. The van der Waals surface area contributed by atoms with Gasteiger partial charge in [0.05, 0.1) is 21.9 Å². The van der Waals surface area contributed by atoms with Crippen molar-refractivity contribution in [1.29, 1.82) is 0 Å². The van der Waals surface area contributed by atoms with Crippen LogP contribution in [0.1, 0.15) is 48.6 Å². The smallest absolute Gasteiger partial charge is 0.0766 e. The van der Waals surface area contributed by atoms with Crippen LogP contribution in [0.25, 0.3) is 0 Å². The van der Waals surface area contributed by atoms with Crippen LogP contribution >= 0.6 is 27.3 Å². The van der Waals surface area contributed by atoms with Gasteiger partial charge in [0.1, 0.15) is 0 Å². The SMILES string of the molecule is CCc1ccsc1C(Cc1c(Br)c(CC)nn1CC)NN. The average Bonchev–Trinajstić information content (AvgIpc) is 3.09. The van der Waals surface area contributed by atoms with Crippen LogP contribution in [0.15, 0.2) is 15.9 Å². The van der Waals surface area contributed by atoms with Crippen LogP contribution in [-0.2, 0) is 25.8 Å². The lowest BCUT2D eigenvalue weighted by molar-refractivity contribution is 0.519. The van der Waals surface area contributed by atoms with Crippen molar-refractivity contribution in [2.75, 3.05) is 0 Å². The van der Waals surface area contributed by atoms with E-state index in [1.54, 1.807) is 11.3 Å². The first kappa shape index (κ1) is 16.7. The van der Waals surface area contributed by atoms with Gasteiger partial charge < -0.3 is 0 Å². The van der Waals surface area contributed by atoms with Crippen molar-refractivity contribution in [3.05, 3.63) is 37.7 Å². The highest BCUT2D eigenvalue weighted by molar-refractivity contribution is 9.10. The summed E-state index contributed by atoms with van der Waals surface area (Å²) >= 11 is 5.48. The molecule has 1 atom stereocenters. The molecule has 0 amide bonds. The highest BCUT2D eigenvalue weighted by Gasteiger charge is 2.21. The van der Waals surface area contributed by atoms with E-state index in [1.165, 1.54) is 16.1 Å². The molecule has 2 aromatic rings. The van der Waals surface area contributed by atoms with Gasteiger partial charge in [-0.2, -0.15) is 5.10 Å². The molecule has 0 aliphatic rings. The number of rotatable bonds is 7. The van der Waals surface area contributed by atoms with Gasteiger partial charge in [-0.3, -0.25) is 16.0 Å². The maximum absolute atomic E-state index is 5.83. The van der Waals surface area contributed by atoms with Crippen LogP contribution in [0.2, 0.25) is 0 Å². The fraction of sp³-hybridized carbons (Fsp3) is 0.533. The lowest BCUT2D eigenvalue weighted by Crippen LogP contribution is -2.30. The summed E-state index contributed by atoms with van der Waals surface area (Å²) in [6, 6.07) is 2.32. The molecule has 21 heavy (non-hydrogen) atoms. The third-order valence-corrected chi connectivity index (χ3v) is 5.76. The first-order valence-electron chi connectivity index (χ1n) is 7.42. The van der Waals surface area contributed by atoms with Gasteiger partial charge in [0.15, 0.2) is 0 Å². The molecule has 6 heteroatoms. The van der Waals surface area contributed by atoms with Gasteiger partial charge >= 0.3 is 0 Å². The standard InChI is InChI=1S/C15H23BrN4S/c1-4-10-7-8-21-15(10)12(18-17)9-13-14(16)11(5-2)19-20(13)6-3/h7-8,12,18H,4-6,9,17H2,1-3H3. The van der Waals surface area contributed by atoms with Crippen molar-refractivity contribution < 1.29 is 0 Å². The fourth-order valence-electron chi connectivity index (χ4n) is 2.58. The Morgan fingerprint density at radius 1 is 1.38 bits per heavy atom. The van der Waals surface area contributed by atoms with Crippen molar-refractivity contribution in [2.24, 2.45) is 5.84 Å². The number of nitrogens with two attached hydrogens (primary N) is 1. The molecular formula is C15H23BrN4S. The van der Waals surface area contributed by atoms with E-state index in [4.69, 9.17) is 5.84 Å². The summed E-state index contributed by atoms with van der Waals surface area (Å²) in [4.78, 5) is 1.33. The van der Waals surface area contributed by atoms with Gasteiger partial charge in [-0.25, -0.2) is 0 Å². The van der Waals surface area contributed by atoms with Crippen molar-refractivity contribution >= 4 is 27.3 Å². The third-order valence-electron chi connectivity index (χ3n) is 3.77. The van der Waals surface area contributed by atoms with E-state index in [2.05, 4.69) is 63.4 Å². The lowest BCUT2D eigenvalue weighted by atomic mass is 10.0. The zero-order chi connectivity index (χ0) is 15.4. The molecular weight excluding hydrogens is 348 g/mol. The topological polar surface area (TPSA) is 55.9 Å². The van der Waals surface area contributed by atoms with E-state index < -0.39 is 0 Å². The monoisotopic (exact) mass is 370 g/mol. The van der Waals surface area contributed by atoms with E-state index in [9.17, 15) is 0 Å². The van der Waals surface area contributed by atoms with Crippen molar-refractivity contribution in [2.45, 2.75) is 52.6 Å². The van der Waals surface area contributed by atoms with E-state index in [-0.39, 0.29) is 6.04 Å². The molecule has 0 fully saturated rings. The molecule has 116 valence electrons. The number of aromatic nitrogens is 2. The van der Waals surface area contributed by atoms with Gasteiger partial charge in [0, 0.05) is 17.8 Å². The molecule has 1 unspecified atom stereocenters. The summed E-state index contributed by atoms with van der Waals surface area (Å²) in [5, 5.41) is 6.80. The van der Waals surface area contributed by atoms with E-state index >= 15 is 0 Å². The Balaban J connectivity index is 2.33. The van der Waals surface area contributed by atoms with Gasteiger partial charge in [0.2, 0.25) is 0 Å². The summed E-state index contributed by atoms with van der Waals surface area (Å²) in [6.07, 6.45) is 2.80. The second-order valence-corrected chi connectivity index (χ2v) is 6.70. The molecule has 0 aromatic carbocycles. The highest BCUT2D eigenvalue weighted by atomic mass is 79.9. The number of aryl methyl sites for hydroxylation is 3. The van der Waals surface area contributed by atoms with Crippen LogP contribution in [0.4, 0.5) is 0 Å². The van der Waals surface area contributed by atoms with Crippen molar-refractivity contribution in [3.8, 4) is 0 Å². The Kier molecular flexibility index (Phi) is 5.98. The first-order valence-corrected chi connectivity index (χ1v) is 9.09. The predicted octanol–water partition coefficient (Wildman–Crippen LogP) is 3.60. The van der Waals surface area contributed by atoms with Crippen LogP contribution in [0.3, 0.4) is 0 Å². The summed E-state index contributed by atoms with van der Waals surface area (Å²) < 4.78 is 3.20. The predicted molar refractivity (Wildman–Crippen MR) is 92.4 cm³/mol. The molecule has 0 saturated heterocycles. The lowest BCUT2D eigenvalue weighted by Gasteiger charge is -2.17. The fourth-order valence-corrected chi connectivity index (χ4v) is 4.36. The molecule has 2 aromatic heterocycles. The van der Waals surface area contributed by atoms with E-state index in [0.717, 1.165) is 36.0 Å². The minimum atomic E-state index is 0.128. The minimum absolute atomic E-state index is 0.128. The van der Waals surface area contributed by atoms with E-state index in [1.807, 2.05) is 0 Å². The number of hydrogen-bond acceptors (Lipinski definition) is 4.